The summed E-state index contributed by atoms with van der Waals surface area (Å²) in [6.45, 7) is 8.70. The molecule has 1 saturated heterocycles. The van der Waals surface area contributed by atoms with Crippen LogP contribution in [-0.4, -0.2) is 52.4 Å². The number of aryl methyl sites for hydroxylation is 1. The van der Waals surface area contributed by atoms with E-state index in [0.717, 1.165) is 18.8 Å². The SMILES string of the molecule is Cc1ccc(C(=O)N2CCN(C(C)(C)C(N)=S)CC2)o1. The van der Waals surface area contributed by atoms with E-state index >= 15 is 0 Å². The predicted octanol–water partition coefficient (Wildman–Crippen LogP) is 1.41. The first-order valence-corrected chi connectivity index (χ1v) is 7.14. The van der Waals surface area contributed by atoms with E-state index in [2.05, 4.69) is 4.90 Å². The number of hydrogen-bond donors (Lipinski definition) is 1. The monoisotopic (exact) mass is 295 g/mol. The molecule has 1 aromatic heterocycles. The number of carbonyl (C=O) groups excluding carboxylic acids is 1. The lowest BCUT2D eigenvalue weighted by Crippen LogP contribution is -2.59. The molecule has 6 heteroatoms. The third-order valence-corrected chi connectivity index (χ3v) is 4.41. The molecule has 1 fully saturated rings. The van der Waals surface area contributed by atoms with Crippen LogP contribution in [0, 0.1) is 6.92 Å². The number of carbonyl (C=O) groups is 1. The summed E-state index contributed by atoms with van der Waals surface area (Å²) < 4.78 is 5.39. The topological polar surface area (TPSA) is 62.7 Å². The summed E-state index contributed by atoms with van der Waals surface area (Å²) in [6.07, 6.45) is 0. The molecule has 0 bridgehead atoms. The van der Waals surface area contributed by atoms with Crippen LogP contribution in [0.15, 0.2) is 16.5 Å². The molecule has 0 aliphatic carbocycles. The first kappa shape index (κ1) is 15.0. The van der Waals surface area contributed by atoms with Crippen molar-refractivity contribution in [3.05, 3.63) is 23.7 Å². The molecule has 110 valence electrons. The Morgan fingerprint density at radius 1 is 1.30 bits per heavy atom. The summed E-state index contributed by atoms with van der Waals surface area (Å²) in [7, 11) is 0. The molecule has 2 heterocycles. The minimum absolute atomic E-state index is 0.0501. The van der Waals surface area contributed by atoms with Crippen molar-refractivity contribution in [1.82, 2.24) is 9.80 Å². The fourth-order valence-corrected chi connectivity index (χ4v) is 2.46. The maximum atomic E-state index is 12.3. The van der Waals surface area contributed by atoms with Gasteiger partial charge in [-0.05, 0) is 32.9 Å². The van der Waals surface area contributed by atoms with E-state index in [1.54, 1.807) is 12.1 Å². The number of piperazine rings is 1. The molecule has 0 radical (unpaired) electrons. The Hall–Kier alpha value is -1.40. The predicted molar refractivity (Wildman–Crippen MR) is 81.8 cm³/mol. The van der Waals surface area contributed by atoms with E-state index in [-0.39, 0.29) is 11.4 Å². The van der Waals surface area contributed by atoms with Crippen LogP contribution in [0.5, 0.6) is 0 Å². The van der Waals surface area contributed by atoms with Crippen molar-refractivity contribution in [2.75, 3.05) is 26.2 Å². The van der Waals surface area contributed by atoms with Crippen molar-refractivity contribution in [2.45, 2.75) is 26.3 Å². The van der Waals surface area contributed by atoms with Crippen LogP contribution in [0.4, 0.5) is 0 Å². The van der Waals surface area contributed by atoms with Crippen LogP contribution in [0.3, 0.4) is 0 Å². The fourth-order valence-electron chi connectivity index (χ4n) is 2.33. The van der Waals surface area contributed by atoms with Crippen LogP contribution in [0.25, 0.3) is 0 Å². The zero-order valence-electron chi connectivity index (χ0n) is 12.2. The molecule has 2 N–H and O–H groups in total. The molecule has 0 saturated carbocycles. The van der Waals surface area contributed by atoms with Gasteiger partial charge in [-0.15, -0.1) is 0 Å². The largest absolute Gasteiger partial charge is 0.456 e. The van der Waals surface area contributed by atoms with Gasteiger partial charge in [-0.25, -0.2) is 0 Å². The number of nitrogens with zero attached hydrogens (tertiary/aromatic N) is 2. The highest BCUT2D eigenvalue weighted by Crippen LogP contribution is 2.19. The van der Waals surface area contributed by atoms with Crippen LogP contribution >= 0.6 is 12.2 Å². The Bertz CT molecular complexity index is 516. The summed E-state index contributed by atoms with van der Waals surface area (Å²) >= 11 is 5.11. The van der Waals surface area contributed by atoms with Crippen LogP contribution in [0.1, 0.15) is 30.2 Å². The van der Waals surface area contributed by atoms with E-state index in [1.807, 2.05) is 25.7 Å². The summed E-state index contributed by atoms with van der Waals surface area (Å²) in [4.78, 5) is 16.8. The van der Waals surface area contributed by atoms with Gasteiger partial charge in [0.2, 0.25) is 0 Å². The Labute approximate surface area is 124 Å². The molecular weight excluding hydrogens is 274 g/mol. The Morgan fingerprint density at radius 3 is 2.35 bits per heavy atom. The first-order chi connectivity index (χ1) is 9.32. The van der Waals surface area contributed by atoms with Gasteiger partial charge in [-0.1, -0.05) is 12.2 Å². The van der Waals surface area contributed by atoms with Gasteiger partial charge in [0.1, 0.15) is 5.76 Å². The van der Waals surface area contributed by atoms with Gasteiger partial charge in [0, 0.05) is 26.2 Å². The fraction of sp³-hybridized carbons (Fsp3) is 0.571. The van der Waals surface area contributed by atoms with Gasteiger partial charge >= 0.3 is 0 Å². The lowest BCUT2D eigenvalue weighted by Gasteiger charge is -2.43. The molecule has 1 aliphatic heterocycles. The minimum atomic E-state index is -0.314. The van der Waals surface area contributed by atoms with Gasteiger partial charge in [-0.2, -0.15) is 0 Å². The van der Waals surface area contributed by atoms with Crippen molar-refractivity contribution in [3.8, 4) is 0 Å². The third-order valence-electron chi connectivity index (χ3n) is 3.91. The molecule has 1 aromatic rings. The summed E-state index contributed by atoms with van der Waals surface area (Å²) in [5, 5.41) is 0. The highest BCUT2D eigenvalue weighted by atomic mass is 32.1. The molecule has 5 nitrogen and oxygen atoms in total. The van der Waals surface area contributed by atoms with Crippen LogP contribution in [0.2, 0.25) is 0 Å². The van der Waals surface area contributed by atoms with Gasteiger partial charge in [0.25, 0.3) is 5.91 Å². The number of nitrogens with two attached hydrogens (primary N) is 1. The average molecular weight is 295 g/mol. The zero-order valence-corrected chi connectivity index (χ0v) is 13.0. The van der Waals surface area contributed by atoms with E-state index in [4.69, 9.17) is 22.4 Å². The van der Waals surface area contributed by atoms with Gasteiger partial charge < -0.3 is 15.1 Å². The second kappa shape index (κ2) is 5.54. The van der Waals surface area contributed by atoms with Crippen LogP contribution in [-0.2, 0) is 0 Å². The van der Waals surface area contributed by atoms with Crippen LogP contribution < -0.4 is 5.73 Å². The van der Waals surface area contributed by atoms with Crippen molar-refractivity contribution < 1.29 is 9.21 Å². The van der Waals surface area contributed by atoms with Crippen molar-refractivity contribution >= 4 is 23.1 Å². The highest BCUT2D eigenvalue weighted by Gasteiger charge is 2.33. The molecule has 0 aromatic carbocycles. The van der Waals surface area contributed by atoms with Crippen molar-refractivity contribution in [1.29, 1.82) is 0 Å². The second-order valence-corrected chi connectivity index (χ2v) is 6.05. The number of amides is 1. The molecule has 0 unspecified atom stereocenters. The lowest BCUT2D eigenvalue weighted by molar-refractivity contribution is 0.0511. The molecule has 20 heavy (non-hydrogen) atoms. The zero-order chi connectivity index (χ0) is 14.9. The molecule has 1 aliphatic rings. The minimum Gasteiger partial charge on any atom is -0.456 e. The summed E-state index contributed by atoms with van der Waals surface area (Å²) in [5.74, 6) is 1.11. The quantitative estimate of drug-likeness (QED) is 0.854. The summed E-state index contributed by atoms with van der Waals surface area (Å²) in [6, 6.07) is 3.53. The number of rotatable bonds is 3. The third kappa shape index (κ3) is 2.86. The normalized spacial score (nSPS) is 17.2. The number of furan rings is 1. The van der Waals surface area contributed by atoms with E-state index in [0.29, 0.717) is 23.8 Å². The van der Waals surface area contributed by atoms with E-state index < -0.39 is 0 Å². The number of hydrogen-bond acceptors (Lipinski definition) is 4. The first-order valence-electron chi connectivity index (χ1n) is 6.73. The average Bonchev–Trinajstić information content (AvgIpc) is 2.84. The van der Waals surface area contributed by atoms with Crippen molar-refractivity contribution in [2.24, 2.45) is 5.73 Å². The lowest BCUT2D eigenvalue weighted by atomic mass is 10.0. The molecule has 2 rings (SSSR count). The second-order valence-electron chi connectivity index (χ2n) is 5.61. The maximum absolute atomic E-state index is 12.3. The van der Waals surface area contributed by atoms with Gasteiger partial charge in [-0.3, -0.25) is 9.69 Å². The van der Waals surface area contributed by atoms with E-state index in [9.17, 15) is 4.79 Å². The number of thiocarbonyl (C=S) groups is 1. The molecule has 1 amide bonds. The molecule has 0 spiro atoms. The van der Waals surface area contributed by atoms with E-state index in [1.165, 1.54) is 0 Å². The van der Waals surface area contributed by atoms with Gasteiger partial charge in [0.15, 0.2) is 5.76 Å². The van der Waals surface area contributed by atoms with Gasteiger partial charge in [0.05, 0.1) is 10.5 Å². The Kier molecular flexibility index (Phi) is 4.15. The standard InChI is InChI=1S/C14H21N3O2S/c1-10-4-5-11(19-10)12(18)16-6-8-17(9-7-16)14(2,3)13(15)20/h4-5H,6-9H2,1-3H3,(H2,15,20). The smallest absolute Gasteiger partial charge is 0.289 e. The maximum Gasteiger partial charge on any atom is 0.289 e. The summed E-state index contributed by atoms with van der Waals surface area (Å²) in [5.41, 5.74) is 5.47. The Balaban J connectivity index is 1.98. The highest BCUT2D eigenvalue weighted by molar-refractivity contribution is 7.80. The van der Waals surface area contributed by atoms with Crippen molar-refractivity contribution in [3.63, 3.8) is 0 Å². The Morgan fingerprint density at radius 2 is 1.90 bits per heavy atom. The molecular formula is C14H21N3O2S. The molecule has 0 atom stereocenters.